The third-order valence-electron chi connectivity index (χ3n) is 3.15. The van der Waals surface area contributed by atoms with Gasteiger partial charge in [-0.2, -0.15) is 0 Å². The average Bonchev–Trinajstić information content (AvgIpc) is 2.42. The minimum absolute atomic E-state index is 0.264. The van der Waals surface area contributed by atoms with Gasteiger partial charge in [-0.25, -0.2) is 0 Å². The molecule has 2 N–H and O–H groups in total. The molecule has 4 nitrogen and oxygen atoms in total. The summed E-state index contributed by atoms with van der Waals surface area (Å²) < 4.78 is 5.10. The van der Waals surface area contributed by atoms with E-state index in [1.165, 1.54) is 5.56 Å². The number of carboxylic acid groups (broad SMARTS) is 1. The Morgan fingerprint density at radius 1 is 1.32 bits per heavy atom. The molecule has 19 heavy (non-hydrogen) atoms. The van der Waals surface area contributed by atoms with Crippen LogP contribution in [0.2, 0.25) is 0 Å². The van der Waals surface area contributed by atoms with Crippen LogP contribution < -0.4 is 10.1 Å². The Morgan fingerprint density at radius 3 is 2.58 bits per heavy atom. The summed E-state index contributed by atoms with van der Waals surface area (Å²) in [5.41, 5.74) is 1.22. The topological polar surface area (TPSA) is 58.6 Å². The zero-order valence-electron chi connectivity index (χ0n) is 11.7. The van der Waals surface area contributed by atoms with Gasteiger partial charge < -0.3 is 15.2 Å². The molecule has 0 aliphatic carbocycles. The van der Waals surface area contributed by atoms with Crippen LogP contribution in [0.5, 0.6) is 5.75 Å². The minimum atomic E-state index is -0.710. The summed E-state index contributed by atoms with van der Waals surface area (Å²) in [7, 11) is 1.66. The Morgan fingerprint density at radius 2 is 2.00 bits per heavy atom. The zero-order chi connectivity index (χ0) is 14.1. The van der Waals surface area contributed by atoms with E-state index >= 15 is 0 Å². The molecule has 1 unspecified atom stereocenters. The van der Waals surface area contributed by atoms with Crippen molar-refractivity contribution in [3.05, 3.63) is 29.8 Å². The molecule has 1 atom stereocenters. The highest BCUT2D eigenvalue weighted by Gasteiger charge is 2.05. The summed E-state index contributed by atoms with van der Waals surface area (Å²) in [6.07, 6.45) is 2.02. The molecule has 0 bridgehead atoms. The summed E-state index contributed by atoms with van der Waals surface area (Å²) in [4.78, 5) is 10.4. The van der Waals surface area contributed by atoms with Crippen molar-refractivity contribution in [2.75, 3.05) is 13.7 Å². The van der Waals surface area contributed by atoms with Crippen LogP contribution in [0, 0.1) is 5.92 Å². The van der Waals surface area contributed by atoms with Crippen molar-refractivity contribution >= 4 is 5.97 Å². The van der Waals surface area contributed by atoms with E-state index in [1.807, 2.05) is 24.3 Å². The number of hydrogen-bond donors (Lipinski definition) is 2. The predicted molar refractivity (Wildman–Crippen MR) is 75.4 cm³/mol. The smallest absolute Gasteiger partial charge is 0.303 e. The number of nitrogens with one attached hydrogen (secondary N) is 1. The lowest BCUT2D eigenvalue weighted by atomic mass is 10.0. The Balaban J connectivity index is 2.14. The molecule has 0 saturated heterocycles. The first kappa shape index (κ1) is 15.5. The molecule has 1 aromatic carbocycles. The summed E-state index contributed by atoms with van der Waals surface area (Å²) in [5.74, 6) is 0.601. The molecule has 1 aromatic rings. The summed E-state index contributed by atoms with van der Waals surface area (Å²) >= 11 is 0. The van der Waals surface area contributed by atoms with E-state index in [0.717, 1.165) is 31.7 Å². The summed E-state index contributed by atoms with van der Waals surface area (Å²) in [6, 6.07) is 7.98. The van der Waals surface area contributed by atoms with Crippen molar-refractivity contribution in [2.45, 2.75) is 32.7 Å². The number of rotatable bonds is 9. The second-order valence-corrected chi connectivity index (χ2v) is 4.85. The lowest BCUT2D eigenvalue weighted by Crippen LogP contribution is -2.17. The molecule has 0 radical (unpaired) electrons. The Bertz CT molecular complexity index is 375. The third kappa shape index (κ3) is 6.82. The van der Waals surface area contributed by atoms with Gasteiger partial charge >= 0.3 is 5.97 Å². The van der Waals surface area contributed by atoms with Crippen molar-refractivity contribution in [1.82, 2.24) is 5.32 Å². The average molecular weight is 265 g/mol. The number of methoxy groups -OCH3 is 1. The molecule has 0 saturated carbocycles. The maximum atomic E-state index is 10.4. The predicted octanol–water partition coefficient (Wildman–Crippen LogP) is 2.68. The molecule has 0 amide bonds. The van der Waals surface area contributed by atoms with Crippen LogP contribution >= 0.6 is 0 Å². The summed E-state index contributed by atoms with van der Waals surface area (Å²) in [5, 5.41) is 12.0. The first-order valence-corrected chi connectivity index (χ1v) is 6.67. The molecular weight excluding hydrogens is 242 g/mol. The highest BCUT2D eigenvalue weighted by Crippen LogP contribution is 2.12. The molecule has 4 heteroatoms. The van der Waals surface area contributed by atoms with E-state index in [2.05, 4.69) is 12.2 Å². The van der Waals surface area contributed by atoms with Crippen LogP contribution in [0.3, 0.4) is 0 Å². The molecule has 0 fully saturated rings. The maximum Gasteiger partial charge on any atom is 0.303 e. The van der Waals surface area contributed by atoms with Crippen LogP contribution in [0.25, 0.3) is 0 Å². The highest BCUT2D eigenvalue weighted by molar-refractivity contribution is 5.66. The fourth-order valence-electron chi connectivity index (χ4n) is 1.84. The lowest BCUT2D eigenvalue weighted by Gasteiger charge is -2.11. The van der Waals surface area contributed by atoms with E-state index < -0.39 is 5.97 Å². The Hall–Kier alpha value is -1.55. The second kappa shape index (κ2) is 8.53. The van der Waals surface area contributed by atoms with Gasteiger partial charge in [-0.05, 0) is 43.0 Å². The van der Waals surface area contributed by atoms with Gasteiger partial charge in [-0.3, -0.25) is 4.79 Å². The van der Waals surface area contributed by atoms with E-state index in [4.69, 9.17) is 9.84 Å². The van der Waals surface area contributed by atoms with E-state index in [9.17, 15) is 4.79 Å². The number of hydrogen-bond acceptors (Lipinski definition) is 3. The molecular formula is C15H23NO3. The first-order valence-electron chi connectivity index (χ1n) is 6.67. The van der Waals surface area contributed by atoms with Crippen molar-refractivity contribution < 1.29 is 14.6 Å². The molecule has 1 rings (SSSR count). The van der Waals surface area contributed by atoms with Gasteiger partial charge in [0.2, 0.25) is 0 Å². The Kier molecular flexibility index (Phi) is 6.97. The highest BCUT2D eigenvalue weighted by atomic mass is 16.5. The molecule has 106 valence electrons. The van der Waals surface area contributed by atoms with Crippen molar-refractivity contribution in [3.63, 3.8) is 0 Å². The molecule has 0 aliphatic heterocycles. The molecule has 0 spiro atoms. The molecule has 0 heterocycles. The number of ether oxygens (including phenoxy) is 1. The second-order valence-electron chi connectivity index (χ2n) is 4.85. The SMILES string of the molecule is COc1ccc(CNCCC(C)CCC(=O)O)cc1. The lowest BCUT2D eigenvalue weighted by molar-refractivity contribution is -0.137. The number of benzene rings is 1. The van der Waals surface area contributed by atoms with Crippen LogP contribution in [0.1, 0.15) is 31.7 Å². The van der Waals surface area contributed by atoms with Crippen LogP contribution in [-0.4, -0.2) is 24.7 Å². The largest absolute Gasteiger partial charge is 0.497 e. The van der Waals surface area contributed by atoms with Gasteiger partial charge in [0.05, 0.1) is 7.11 Å². The van der Waals surface area contributed by atoms with Gasteiger partial charge in [0.25, 0.3) is 0 Å². The van der Waals surface area contributed by atoms with E-state index in [0.29, 0.717) is 5.92 Å². The van der Waals surface area contributed by atoms with Crippen molar-refractivity contribution in [3.8, 4) is 5.75 Å². The monoisotopic (exact) mass is 265 g/mol. The van der Waals surface area contributed by atoms with Crippen LogP contribution in [0.15, 0.2) is 24.3 Å². The molecule has 0 aliphatic rings. The first-order chi connectivity index (χ1) is 9.11. The fourth-order valence-corrected chi connectivity index (χ4v) is 1.84. The van der Waals surface area contributed by atoms with Gasteiger partial charge in [0.1, 0.15) is 5.75 Å². The fraction of sp³-hybridized carbons (Fsp3) is 0.533. The van der Waals surface area contributed by atoms with Gasteiger partial charge in [-0.15, -0.1) is 0 Å². The van der Waals surface area contributed by atoms with E-state index in [1.54, 1.807) is 7.11 Å². The van der Waals surface area contributed by atoms with Crippen LogP contribution in [-0.2, 0) is 11.3 Å². The third-order valence-corrected chi connectivity index (χ3v) is 3.15. The number of carbonyl (C=O) groups is 1. The quantitative estimate of drug-likeness (QED) is 0.674. The van der Waals surface area contributed by atoms with E-state index in [-0.39, 0.29) is 6.42 Å². The van der Waals surface area contributed by atoms with Crippen LogP contribution in [0.4, 0.5) is 0 Å². The Labute approximate surface area is 114 Å². The van der Waals surface area contributed by atoms with Gasteiger partial charge in [-0.1, -0.05) is 19.1 Å². The number of aliphatic carboxylic acids is 1. The van der Waals surface area contributed by atoms with Crippen molar-refractivity contribution in [2.24, 2.45) is 5.92 Å². The molecule has 0 aromatic heterocycles. The zero-order valence-corrected chi connectivity index (χ0v) is 11.7. The number of carboxylic acids is 1. The minimum Gasteiger partial charge on any atom is -0.497 e. The maximum absolute atomic E-state index is 10.4. The standard InChI is InChI=1S/C15H23NO3/c1-12(3-8-15(17)18)9-10-16-11-13-4-6-14(19-2)7-5-13/h4-7,12,16H,3,8-11H2,1-2H3,(H,17,18). The van der Waals surface area contributed by atoms with Crippen molar-refractivity contribution in [1.29, 1.82) is 0 Å². The van der Waals surface area contributed by atoms with Gasteiger partial charge in [0, 0.05) is 13.0 Å². The normalized spacial score (nSPS) is 12.1. The van der Waals surface area contributed by atoms with Gasteiger partial charge in [0.15, 0.2) is 0 Å². The summed E-state index contributed by atoms with van der Waals surface area (Å²) in [6.45, 7) is 3.83.